The molecular weight excluding hydrogens is 274 g/mol. The van der Waals surface area contributed by atoms with Gasteiger partial charge in [-0.2, -0.15) is 0 Å². The molecule has 0 fully saturated rings. The summed E-state index contributed by atoms with van der Waals surface area (Å²) in [6.07, 6.45) is 0.761. The maximum Gasteiger partial charge on any atom is 0.262 e. The molecule has 0 amide bonds. The first-order valence-electron chi connectivity index (χ1n) is 6.31. The number of para-hydroxylation sites is 1. The van der Waals surface area contributed by atoms with Gasteiger partial charge in [0.15, 0.2) is 0 Å². The second-order valence-corrected chi connectivity index (χ2v) is 5.98. The molecule has 0 aliphatic carbocycles. The zero-order valence-corrected chi connectivity index (χ0v) is 12.3. The Balaban J connectivity index is 2.35. The first-order chi connectivity index (χ1) is 9.56. The number of methoxy groups -OCH3 is 1. The molecule has 0 atom stereocenters. The number of rotatable bonds is 5. The Bertz CT molecular complexity index is 696. The van der Waals surface area contributed by atoms with Gasteiger partial charge in [-0.15, -0.1) is 0 Å². The number of benzene rings is 2. The Morgan fingerprint density at radius 2 is 1.85 bits per heavy atom. The van der Waals surface area contributed by atoms with Gasteiger partial charge in [-0.05, 0) is 30.2 Å². The molecule has 4 nitrogen and oxygen atoms in total. The van der Waals surface area contributed by atoms with Gasteiger partial charge in [0.05, 0.1) is 17.7 Å². The highest BCUT2D eigenvalue weighted by molar-refractivity contribution is 7.92. The summed E-state index contributed by atoms with van der Waals surface area (Å²) >= 11 is 0. The Morgan fingerprint density at radius 3 is 2.55 bits per heavy atom. The van der Waals surface area contributed by atoms with Crippen LogP contribution in [0, 0.1) is 0 Å². The van der Waals surface area contributed by atoms with Gasteiger partial charge >= 0.3 is 0 Å². The van der Waals surface area contributed by atoms with Crippen LogP contribution in [0.3, 0.4) is 0 Å². The van der Waals surface area contributed by atoms with E-state index in [1.165, 1.54) is 13.2 Å². The number of hydrogen-bond donors (Lipinski definition) is 1. The van der Waals surface area contributed by atoms with Crippen molar-refractivity contribution in [3.05, 3.63) is 54.1 Å². The van der Waals surface area contributed by atoms with Crippen molar-refractivity contribution in [3.8, 4) is 5.75 Å². The summed E-state index contributed by atoms with van der Waals surface area (Å²) in [6, 6.07) is 13.8. The molecule has 0 saturated carbocycles. The van der Waals surface area contributed by atoms with Crippen LogP contribution in [0.1, 0.15) is 12.5 Å². The second-order valence-electron chi connectivity index (χ2n) is 4.30. The minimum atomic E-state index is -3.61. The van der Waals surface area contributed by atoms with Crippen LogP contribution in [-0.4, -0.2) is 15.5 Å². The smallest absolute Gasteiger partial charge is 0.262 e. The monoisotopic (exact) mass is 291 g/mol. The highest BCUT2D eigenvalue weighted by atomic mass is 32.2. The van der Waals surface area contributed by atoms with Gasteiger partial charge in [-0.25, -0.2) is 8.42 Å². The predicted octanol–water partition coefficient (Wildman–Crippen LogP) is 3.06. The number of sulfonamides is 1. The van der Waals surface area contributed by atoms with E-state index in [9.17, 15) is 8.42 Å². The molecule has 1 N–H and O–H groups in total. The van der Waals surface area contributed by atoms with Gasteiger partial charge in [0.25, 0.3) is 10.0 Å². The van der Waals surface area contributed by atoms with Crippen LogP contribution >= 0.6 is 0 Å². The van der Waals surface area contributed by atoms with Gasteiger partial charge in [-0.1, -0.05) is 31.2 Å². The number of nitrogens with one attached hydrogen (secondary N) is 1. The molecule has 0 aromatic heterocycles. The quantitative estimate of drug-likeness (QED) is 0.921. The van der Waals surface area contributed by atoms with Gasteiger partial charge in [-0.3, -0.25) is 4.72 Å². The van der Waals surface area contributed by atoms with Crippen molar-refractivity contribution >= 4 is 15.7 Å². The fourth-order valence-corrected chi connectivity index (χ4v) is 3.04. The van der Waals surface area contributed by atoms with Crippen LogP contribution in [-0.2, 0) is 16.4 Å². The van der Waals surface area contributed by atoms with Crippen LogP contribution < -0.4 is 9.46 Å². The molecule has 0 heterocycles. The molecule has 20 heavy (non-hydrogen) atoms. The summed E-state index contributed by atoms with van der Waals surface area (Å²) < 4.78 is 32.4. The third-order valence-electron chi connectivity index (χ3n) is 2.99. The molecule has 106 valence electrons. The average molecular weight is 291 g/mol. The number of hydrogen-bond acceptors (Lipinski definition) is 3. The molecule has 0 unspecified atom stereocenters. The molecule has 2 rings (SSSR count). The van der Waals surface area contributed by atoms with Crippen LogP contribution in [0.25, 0.3) is 0 Å². The standard InChI is InChI=1S/C15H17NO3S/c1-3-12-7-4-5-10-15(12)16-20(17,18)14-9-6-8-13(11-14)19-2/h4-11,16H,3H2,1-2H3. The molecule has 5 heteroatoms. The first kappa shape index (κ1) is 14.4. The molecule has 0 aliphatic heterocycles. The van der Waals surface area contributed by atoms with Crippen molar-refractivity contribution in [1.82, 2.24) is 0 Å². The fourth-order valence-electron chi connectivity index (χ4n) is 1.90. The molecule has 0 saturated heterocycles. The largest absolute Gasteiger partial charge is 0.497 e. The Kier molecular flexibility index (Phi) is 4.29. The average Bonchev–Trinajstić information content (AvgIpc) is 2.47. The number of ether oxygens (including phenoxy) is 1. The summed E-state index contributed by atoms with van der Waals surface area (Å²) in [5.41, 5.74) is 1.57. The molecular formula is C15H17NO3S. The lowest BCUT2D eigenvalue weighted by Crippen LogP contribution is -2.14. The second kappa shape index (κ2) is 5.96. The van der Waals surface area contributed by atoms with Crippen molar-refractivity contribution < 1.29 is 13.2 Å². The van der Waals surface area contributed by atoms with Crippen molar-refractivity contribution in [2.24, 2.45) is 0 Å². The molecule has 2 aromatic rings. The predicted molar refractivity (Wildman–Crippen MR) is 79.6 cm³/mol. The van der Waals surface area contributed by atoms with Crippen LogP contribution in [0.5, 0.6) is 5.75 Å². The third-order valence-corrected chi connectivity index (χ3v) is 4.36. The van der Waals surface area contributed by atoms with Gasteiger partial charge in [0, 0.05) is 6.07 Å². The summed E-state index contributed by atoms with van der Waals surface area (Å²) in [5, 5.41) is 0. The van der Waals surface area contributed by atoms with Crippen molar-refractivity contribution in [3.63, 3.8) is 0 Å². The minimum absolute atomic E-state index is 0.183. The van der Waals surface area contributed by atoms with E-state index in [2.05, 4.69) is 4.72 Å². The first-order valence-corrected chi connectivity index (χ1v) is 7.80. The summed E-state index contributed by atoms with van der Waals surface area (Å²) in [5.74, 6) is 0.511. The maximum absolute atomic E-state index is 12.4. The van der Waals surface area contributed by atoms with Gasteiger partial charge in [0.1, 0.15) is 5.75 Å². The van der Waals surface area contributed by atoms with E-state index in [0.717, 1.165) is 12.0 Å². The lowest BCUT2D eigenvalue weighted by Gasteiger charge is -2.12. The molecule has 0 bridgehead atoms. The zero-order chi connectivity index (χ0) is 14.6. The molecule has 0 spiro atoms. The minimum Gasteiger partial charge on any atom is -0.497 e. The maximum atomic E-state index is 12.4. The van der Waals surface area contributed by atoms with E-state index in [1.54, 1.807) is 24.3 Å². The Hall–Kier alpha value is -2.01. The van der Waals surface area contributed by atoms with Crippen molar-refractivity contribution in [2.75, 3.05) is 11.8 Å². The summed E-state index contributed by atoms with van der Waals surface area (Å²) in [7, 11) is -2.10. The van der Waals surface area contributed by atoms with E-state index in [0.29, 0.717) is 11.4 Å². The van der Waals surface area contributed by atoms with Crippen LogP contribution in [0.15, 0.2) is 53.4 Å². The van der Waals surface area contributed by atoms with E-state index in [4.69, 9.17) is 4.74 Å². The zero-order valence-electron chi connectivity index (χ0n) is 11.5. The van der Waals surface area contributed by atoms with Crippen molar-refractivity contribution in [2.45, 2.75) is 18.2 Å². The third kappa shape index (κ3) is 3.11. The topological polar surface area (TPSA) is 55.4 Å². The molecule has 0 aliphatic rings. The van der Waals surface area contributed by atoms with E-state index in [1.807, 2.05) is 25.1 Å². The summed E-state index contributed by atoms with van der Waals surface area (Å²) in [6.45, 7) is 1.98. The van der Waals surface area contributed by atoms with Crippen LogP contribution in [0.2, 0.25) is 0 Å². The molecule has 2 aromatic carbocycles. The lowest BCUT2D eigenvalue weighted by molar-refractivity contribution is 0.413. The fraction of sp³-hybridized carbons (Fsp3) is 0.200. The van der Waals surface area contributed by atoms with E-state index in [-0.39, 0.29) is 4.90 Å². The number of aryl methyl sites for hydroxylation is 1. The van der Waals surface area contributed by atoms with Crippen molar-refractivity contribution in [1.29, 1.82) is 0 Å². The number of anilines is 1. The van der Waals surface area contributed by atoms with E-state index < -0.39 is 10.0 Å². The van der Waals surface area contributed by atoms with E-state index >= 15 is 0 Å². The highest BCUT2D eigenvalue weighted by Crippen LogP contribution is 2.22. The van der Waals surface area contributed by atoms with Gasteiger partial charge < -0.3 is 4.74 Å². The van der Waals surface area contributed by atoms with Gasteiger partial charge in [0.2, 0.25) is 0 Å². The SMILES string of the molecule is CCc1ccccc1NS(=O)(=O)c1cccc(OC)c1. The normalized spacial score (nSPS) is 11.1. The lowest BCUT2D eigenvalue weighted by atomic mass is 10.1. The summed E-state index contributed by atoms with van der Waals surface area (Å²) in [4.78, 5) is 0.183. The molecule has 0 radical (unpaired) electrons. The highest BCUT2D eigenvalue weighted by Gasteiger charge is 2.16. The van der Waals surface area contributed by atoms with Crippen LogP contribution in [0.4, 0.5) is 5.69 Å². The Morgan fingerprint density at radius 1 is 1.10 bits per heavy atom. The Labute approximate surface area is 119 Å².